The number of carbonyl (C=O) groups excluding carboxylic acids is 2. The van der Waals surface area contributed by atoms with Crippen molar-refractivity contribution in [1.29, 1.82) is 0 Å². The molecule has 1 spiro atoms. The molecule has 1 aromatic carbocycles. The lowest BCUT2D eigenvalue weighted by Crippen LogP contribution is -2.63. The van der Waals surface area contributed by atoms with E-state index in [-0.39, 0.29) is 23.6 Å². The minimum absolute atomic E-state index is 0.0687. The average molecular weight is 423 g/mol. The van der Waals surface area contributed by atoms with Crippen LogP contribution in [0.2, 0.25) is 5.02 Å². The molecule has 1 N–H and O–H groups in total. The number of carbonyl (C=O) groups is 2. The van der Waals surface area contributed by atoms with Crippen LogP contribution in [0.3, 0.4) is 0 Å². The van der Waals surface area contributed by atoms with E-state index in [1.807, 2.05) is 17.0 Å². The lowest BCUT2D eigenvalue weighted by atomic mass is 9.96. The van der Waals surface area contributed by atoms with Gasteiger partial charge in [0.2, 0.25) is 5.91 Å². The molecule has 3 fully saturated rings. The molecule has 8 nitrogen and oxygen atoms in total. The first kappa shape index (κ1) is 20.4. The van der Waals surface area contributed by atoms with Gasteiger partial charge < -0.3 is 24.6 Å². The van der Waals surface area contributed by atoms with E-state index in [2.05, 4.69) is 10.2 Å². The van der Waals surface area contributed by atoms with Crippen molar-refractivity contribution in [3.8, 4) is 0 Å². The van der Waals surface area contributed by atoms with Crippen LogP contribution in [0.15, 0.2) is 24.3 Å². The fourth-order valence-corrected chi connectivity index (χ4v) is 4.91. The van der Waals surface area contributed by atoms with Gasteiger partial charge in [-0.25, -0.2) is 4.79 Å². The summed E-state index contributed by atoms with van der Waals surface area (Å²) in [5.74, 6) is 0.0687. The Kier molecular flexibility index (Phi) is 5.96. The molecule has 3 aliphatic rings. The number of rotatable bonds is 4. The number of fused-ring (bicyclic) bond motifs is 2. The molecule has 4 rings (SSSR count). The third-order valence-corrected chi connectivity index (χ3v) is 6.51. The molecule has 9 heteroatoms. The zero-order chi connectivity index (χ0) is 20.4. The summed E-state index contributed by atoms with van der Waals surface area (Å²) in [6, 6.07) is 6.56. The maximum absolute atomic E-state index is 13.3. The summed E-state index contributed by atoms with van der Waals surface area (Å²) in [4.78, 5) is 32.1. The van der Waals surface area contributed by atoms with Crippen molar-refractivity contribution < 1.29 is 19.1 Å². The molecule has 0 radical (unpaired) electrons. The summed E-state index contributed by atoms with van der Waals surface area (Å²) >= 11 is 6.16. The van der Waals surface area contributed by atoms with E-state index in [4.69, 9.17) is 21.1 Å². The van der Waals surface area contributed by atoms with Crippen LogP contribution < -0.4 is 5.32 Å². The number of piperazine rings is 1. The van der Waals surface area contributed by atoms with Gasteiger partial charge in [0.1, 0.15) is 11.7 Å². The van der Waals surface area contributed by atoms with Crippen LogP contribution in [0.25, 0.3) is 0 Å². The molecule has 3 amide bonds. The first-order chi connectivity index (χ1) is 14.1. The lowest BCUT2D eigenvalue weighted by molar-refractivity contribution is -0.137. The SMILES string of the molecule is COCCN1C(=O)[C@H]2CN(C(=O)Nc3ccccc3Cl)CCN2C12CCOCC2. The van der Waals surface area contributed by atoms with Crippen molar-refractivity contribution in [3.05, 3.63) is 29.3 Å². The quantitative estimate of drug-likeness (QED) is 0.801. The number of para-hydroxylation sites is 1. The predicted molar refractivity (Wildman–Crippen MR) is 109 cm³/mol. The molecule has 1 atom stereocenters. The van der Waals surface area contributed by atoms with Gasteiger partial charge in [-0.15, -0.1) is 0 Å². The van der Waals surface area contributed by atoms with Gasteiger partial charge >= 0.3 is 6.03 Å². The molecule has 0 unspecified atom stereocenters. The molecule has 3 saturated heterocycles. The number of benzene rings is 1. The maximum Gasteiger partial charge on any atom is 0.321 e. The zero-order valence-corrected chi connectivity index (χ0v) is 17.4. The number of methoxy groups -OCH3 is 1. The number of ether oxygens (including phenoxy) is 2. The van der Waals surface area contributed by atoms with Crippen molar-refractivity contribution in [2.75, 3.05) is 58.4 Å². The number of hydrogen-bond donors (Lipinski definition) is 1. The molecule has 3 aliphatic heterocycles. The average Bonchev–Trinajstić information content (AvgIpc) is 2.96. The topological polar surface area (TPSA) is 74.4 Å². The van der Waals surface area contributed by atoms with Crippen LogP contribution in [-0.4, -0.2) is 91.5 Å². The minimum Gasteiger partial charge on any atom is -0.383 e. The van der Waals surface area contributed by atoms with Crippen molar-refractivity contribution >= 4 is 29.2 Å². The van der Waals surface area contributed by atoms with Crippen LogP contribution in [-0.2, 0) is 14.3 Å². The Bertz CT molecular complexity index is 771. The maximum atomic E-state index is 13.3. The first-order valence-corrected chi connectivity index (χ1v) is 10.4. The van der Waals surface area contributed by atoms with Crippen LogP contribution >= 0.6 is 11.6 Å². The molecule has 0 saturated carbocycles. The number of nitrogens with one attached hydrogen (secondary N) is 1. The second-order valence-electron chi connectivity index (χ2n) is 7.64. The molecule has 0 aromatic heterocycles. The van der Waals surface area contributed by atoms with Gasteiger partial charge in [0.25, 0.3) is 0 Å². The predicted octanol–water partition coefficient (Wildman–Crippen LogP) is 1.85. The van der Waals surface area contributed by atoms with E-state index in [0.717, 1.165) is 12.8 Å². The molecular formula is C20H27ClN4O4. The molecular weight excluding hydrogens is 396 g/mol. The number of hydrogen-bond acceptors (Lipinski definition) is 5. The summed E-state index contributed by atoms with van der Waals surface area (Å²) in [5, 5.41) is 3.35. The van der Waals surface area contributed by atoms with E-state index >= 15 is 0 Å². The Morgan fingerprint density at radius 1 is 1.31 bits per heavy atom. The second kappa shape index (κ2) is 8.47. The Labute approximate surface area is 175 Å². The van der Waals surface area contributed by atoms with Gasteiger partial charge in [0.15, 0.2) is 0 Å². The van der Waals surface area contributed by atoms with Crippen molar-refractivity contribution in [3.63, 3.8) is 0 Å². The standard InChI is InChI=1S/C20H27ClN4O4/c1-28-13-10-25-18(26)17-14-23(19(27)22-16-5-3-2-4-15(16)21)8-9-24(17)20(25)6-11-29-12-7-20/h2-5,17H,6-14H2,1H3,(H,22,27)/t17-/m1/s1. The molecule has 158 valence electrons. The van der Waals surface area contributed by atoms with Crippen molar-refractivity contribution in [1.82, 2.24) is 14.7 Å². The fourth-order valence-electron chi connectivity index (χ4n) is 4.73. The second-order valence-corrected chi connectivity index (χ2v) is 8.05. The Balaban J connectivity index is 1.50. The van der Waals surface area contributed by atoms with Gasteiger partial charge in [0, 0.05) is 46.1 Å². The third-order valence-electron chi connectivity index (χ3n) is 6.18. The molecule has 0 bridgehead atoms. The first-order valence-electron chi connectivity index (χ1n) is 10.0. The Morgan fingerprint density at radius 3 is 2.79 bits per heavy atom. The number of urea groups is 1. The largest absolute Gasteiger partial charge is 0.383 e. The van der Waals surface area contributed by atoms with Gasteiger partial charge in [-0.1, -0.05) is 23.7 Å². The van der Waals surface area contributed by atoms with Crippen LogP contribution in [0.4, 0.5) is 10.5 Å². The number of nitrogens with zero attached hydrogens (tertiary/aromatic N) is 3. The van der Waals surface area contributed by atoms with Crippen LogP contribution in [0.1, 0.15) is 12.8 Å². The fraction of sp³-hybridized carbons (Fsp3) is 0.600. The molecule has 3 heterocycles. The van der Waals surface area contributed by atoms with Crippen LogP contribution in [0.5, 0.6) is 0 Å². The normalized spacial score (nSPS) is 24.1. The van der Waals surface area contributed by atoms with E-state index in [9.17, 15) is 9.59 Å². The van der Waals surface area contributed by atoms with E-state index in [1.54, 1.807) is 24.1 Å². The summed E-state index contributed by atoms with van der Waals surface area (Å²) in [6.45, 7) is 3.88. The number of halogens is 1. The minimum atomic E-state index is -0.337. The molecule has 0 aliphatic carbocycles. The summed E-state index contributed by atoms with van der Waals surface area (Å²) in [7, 11) is 1.64. The highest BCUT2D eigenvalue weighted by Gasteiger charge is 2.58. The van der Waals surface area contributed by atoms with E-state index < -0.39 is 0 Å². The van der Waals surface area contributed by atoms with Crippen molar-refractivity contribution in [2.45, 2.75) is 24.5 Å². The zero-order valence-electron chi connectivity index (χ0n) is 16.6. The van der Waals surface area contributed by atoms with Gasteiger partial charge in [-0.3, -0.25) is 9.69 Å². The highest BCUT2D eigenvalue weighted by atomic mass is 35.5. The van der Waals surface area contributed by atoms with Gasteiger partial charge in [0.05, 0.1) is 30.5 Å². The lowest BCUT2D eigenvalue weighted by Gasteiger charge is -2.48. The summed E-state index contributed by atoms with van der Waals surface area (Å²) in [6.07, 6.45) is 1.57. The van der Waals surface area contributed by atoms with Gasteiger partial charge in [-0.05, 0) is 12.1 Å². The highest BCUT2D eigenvalue weighted by Crippen LogP contribution is 2.41. The molecule has 1 aromatic rings. The van der Waals surface area contributed by atoms with E-state index in [1.165, 1.54) is 0 Å². The Morgan fingerprint density at radius 2 is 2.07 bits per heavy atom. The monoisotopic (exact) mass is 422 g/mol. The smallest absolute Gasteiger partial charge is 0.321 e. The summed E-state index contributed by atoms with van der Waals surface area (Å²) < 4.78 is 10.8. The van der Waals surface area contributed by atoms with E-state index in [0.29, 0.717) is 56.7 Å². The molecule has 29 heavy (non-hydrogen) atoms. The third kappa shape index (κ3) is 3.70. The highest BCUT2D eigenvalue weighted by molar-refractivity contribution is 6.33. The summed E-state index contributed by atoms with van der Waals surface area (Å²) in [5.41, 5.74) is 0.242. The number of anilines is 1. The van der Waals surface area contributed by atoms with Crippen molar-refractivity contribution in [2.24, 2.45) is 0 Å². The Hall–Kier alpha value is -1.87. The van der Waals surface area contributed by atoms with Crippen LogP contribution in [0, 0.1) is 0 Å². The van der Waals surface area contributed by atoms with Gasteiger partial charge in [-0.2, -0.15) is 0 Å². The number of amides is 3.